The van der Waals surface area contributed by atoms with Crippen molar-refractivity contribution in [2.45, 2.75) is 31.6 Å². The van der Waals surface area contributed by atoms with Gasteiger partial charge in [-0.25, -0.2) is 4.79 Å². The standard InChI is InChI=1S/C26H29N3O4/c1-32-19-4-6-21-18(15-27-25(21)14-19)3-2-10-29-11-8-17(9-12-29)23-16-28-24-7-5-20(13-22(23)24)33-26(30)31/h4-7,13-17,27-28H,2-3,8-12H2,1H3,(H,30,31). The molecule has 0 radical (unpaired) electrons. The van der Waals surface area contributed by atoms with Crippen molar-refractivity contribution in [1.29, 1.82) is 0 Å². The molecular formula is C26H29N3O4. The number of ether oxygens (including phenoxy) is 2. The Kier molecular flexibility index (Phi) is 5.96. The zero-order valence-corrected chi connectivity index (χ0v) is 18.8. The predicted octanol–water partition coefficient (Wildman–Crippen LogP) is 5.53. The number of piperidine rings is 1. The first-order valence-electron chi connectivity index (χ1n) is 11.5. The minimum atomic E-state index is -1.29. The highest BCUT2D eigenvalue weighted by molar-refractivity contribution is 5.86. The van der Waals surface area contributed by atoms with Crippen LogP contribution in [0.15, 0.2) is 48.8 Å². The first-order valence-corrected chi connectivity index (χ1v) is 11.5. The molecule has 33 heavy (non-hydrogen) atoms. The van der Waals surface area contributed by atoms with E-state index in [1.165, 1.54) is 16.5 Å². The van der Waals surface area contributed by atoms with Crippen LogP contribution in [0.4, 0.5) is 4.79 Å². The van der Waals surface area contributed by atoms with Crippen molar-refractivity contribution in [3.63, 3.8) is 0 Å². The first-order chi connectivity index (χ1) is 16.1. The lowest BCUT2D eigenvalue weighted by molar-refractivity contribution is 0.144. The van der Waals surface area contributed by atoms with Crippen LogP contribution in [0.5, 0.6) is 11.5 Å². The third-order valence-corrected chi connectivity index (χ3v) is 6.81. The molecule has 0 aliphatic carbocycles. The van der Waals surface area contributed by atoms with Crippen molar-refractivity contribution in [2.75, 3.05) is 26.7 Å². The fourth-order valence-electron chi connectivity index (χ4n) is 5.08. The molecule has 2 aromatic carbocycles. The topological polar surface area (TPSA) is 90.6 Å². The number of hydrogen-bond donors (Lipinski definition) is 3. The number of carbonyl (C=O) groups is 1. The van der Waals surface area contributed by atoms with Crippen LogP contribution in [0.25, 0.3) is 21.8 Å². The van der Waals surface area contributed by atoms with E-state index in [1.54, 1.807) is 13.2 Å². The highest BCUT2D eigenvalue weighted by Gasteiger charge is 2.23. The third kappa shape index (κ3) is 4.54. The van der Waals surface area contributed by atoms with Gasteiger partial charge in [0.1, 0.15) is 11.5 Å². The molecule has 1 aliphatic rings. The number of H-pyrrole nitrogens is 2. The van der Waals surface area contributed by atoms with Crippen LogP contribution >= 0.6 is 0 Å². The molecule has 3 heterocycles. The summed E-state index contributed by atoms with van der Waals surface area (Å²) in [6, 6.07) is 11.6. The Morgan fingerprint density at radius 1 is 1.03 bits per heavy atom. The van der Waals surface area contributed by atoms with Gasteiger partial charge in [-0.2, -0.15) is 0 Å². The summed E-state index contributed by atoms with van der Waals surface area (Å²) < 4.78 is 10.2. The van der Waals surface area contributed by atoms with Crippen LogP contribution < -0.4 is 9.47 Å². The van der Waals surface area contributed by atoms with Gasteiger partial charge in [0.05, 0.1) is 7.11 Å². The Morgan fingerprint density at radius 2 is 1.82 bits per heavy atom. The lowest BCUT2D eigenvalue weighted by atomic mass is 9.89. The molecule has 0 bridgehead atoms. The molecule has 1 saturated heterocycles. The van der Waals surface area contributed by atoms with Crippen molar-refractivity contribution < 1.29 is 19.4 Å². The van der Waals surface area contributed by atoms with Crippen LogP contribution in [0.3, 0.4) is 0 Å². The van der Waals surface area contributed by atoms with Crippen molar-refractivity contribution in [2.24, 2.45) is 0 Å². The van der Waals surface area contributed by atoms with Gasteiger partial charge in [-0.05, 0) is 92.7 Å². The summed E-state index contributed by atoms with van der Waals surface area (Å²) in [6.45, 7) is 3.25. The van der Waals surface area contributed by atoms with Gasteiger partial charge in [0.15, 0.2) is 0 Å². The second-order valence-electron chi connectivity index (χ2n) is 8.76. The number of benzene rings is 2. The summed E-state index contributed by atoms with van der Waals surface area (Å²) in [5, 5.41) is 11.2. The SMILES string of the molecule is COc1ccc2c(CCCN3CCC(c4c[nH]c5ccc(OC(=O)O)cc45)CC3)c[nH]c2c1. The number of nitrogens with zero attached hydrogens (tertiary/aromatic N) is 1. The van der Waals surface area contributed by atoms with E-state index in [9.17, 15) is 4.79 Å². The Balaban J connectivity index is 1.16. The molecule has 7 heteroatoms. The molecule has 0 spiro atoms. The van der Waals surface area contributed by atoms with E-state index in [2.05, 4.69) is 33.3 Å². The van der Waals surface area contributed by atoms with Gasteiger partial charge >= 0.3 is 6.16 Å². The fourth-order valence-corrected chi connectivity index (χ4v) is 5.08. The van der Waals surface area contributed by atoms with Crippen LogP contribution in [-0.4, -0.2) is 52.9 Å². The number of aromatic amines is 2. The summed E-state index contributed by atoms with van der Waals surface area (Å²) in [6.07, 6.45) is 7.30. The van der Waals surface area contributed by atoms with Gasteiger partial charge in [0.25, 0.3) is 0 Å². The molecule has 1 fully saturated rings. The second-order valence-corrected chi connectivity index (χ2v) is 8.76. The molecule has 3 N–H and O–H groups in total. The van der Waals surface area contributed by atoms with E-state index >= 15 is 0 Å². The highest BCUT2D eigenvalue weighted by atomic mass is 16.7. The van der Waals surface area contributed by atoms with E-state index in [4.69, 9.17) is 14.6 Å². The van der Waals surface area contributed by atoms with Crippen LogP contribution in [-0.2, 0) is 6.42 Å². The monoisotopic (exact) mass is 447 g/mol. The number of aryl methyl sites for hydroxylation is 1. The molecular weight excluding hydrogens is 418 g/mol. The largest absolute Gasteiger partial charge is 0.511 e. The van der Waals surface area contributed by atoms with Crippen molar-refractivity contribution in [1.82, 2.24) is 14.9 Å². The van der Waals surface area contributed by atoms with Gasteiger partial charge in [-0.1, -0.05) is 0 Å². The van der Waals surface area contributed by atoms with Gasteiger partial charge in [-0.3, -0.25) is 0 Å². The molecule has 1 aliphatic heterocycles. The lowest BCUT2D eigenvalue weighted by Gasteiger charge is -2.32. The van der Waals surface area contributed by atoms with Gasteiger partial charge < -0.3 is 29.4 Å². The molecule has 0 unspecified atom stereocenters. The molecule has 2 aromatic heterocycles. The molecule has 0 atom stereocenters. The van der Waals surface area contributed by atoms with Crippen LogP contribution in [0.1, 0.15) is 36.3 Å². The van der Waals surface area contributed by atoms with E-state index in [-0.39, 0.29) is 0 Å². The number of aromatic nitrogens is 2. The van der Waals surface area contributed by atoms with Gasteiger partial charge in [0.2, 0.25) is 0 Å². The Morgan fingerprint density at radius 3 is 2.61 bits per heavy atom. The van der Waals surface area contributed by atoms with Crippen molar-refractivity contribution in [3.05, 3.63) is 59.9 Å². The number of hydrogen-bond acceptors (Lipinski definition) is 4. The van der Waals surface area contributed by atoms with Gasteiger partial charge in [0, 0.05) is 40.3 Å². The number of carboxylic acid groups (broad SMARTS) is 1. The van der Waals surface area contributed by atoms with Crippen molar-refractivity contribution >= 4 is 28.0 Å². The highest BCUT2D eigenvalue weighted by Crippen LogP contribution is 2.35. The quantitative estimate of drug-likeness (QED) is 0.256. The number of fused-ring (bicyclic) bond motifs is 2. The minimum absolute atomic E-state index is 0.365. The second kappa shape index (κ2) is 9.19. The Labute approximate surface area is 192 Å². The molecule has 0 saturated carbocycles. The maximum atomic E-state index is 10.9. The summed E-state index contributed by atoms with van der Waals surface area (Å²) in [5.41, 5.74) is 4.76. The molecule has 5 rings (SSSR count). The predicted molar refractivity (Wildman–Crippen MR) is 129 cm³/mol. The van der Waals surface area contributed by atoms with E-state index < -0.39 is 6.16 Å². The first kappa shape index (κ1) is 21.4. The average Bonchev–Trinajstić information content (AvgIpc) is 3.42. The number of nitrogens with one attached hydrogen (secondary N) is 2. The summed E-state index contributed by atoms with van der Waals surface area (Å²) in [5.74, 6) is 1.71. The van der Waals surface area contributed by atoms with Gasteiger partial charge in [-0.15, -0.1) is 0 Å². The maximum Gasteiger partial charge on any atom is 0.511 e. The average molecular weight is 448 g/mol. The summed E-state index contributed by atoms with van der Waals surface area (Å²) in [7, 11) is 1.69. The van der Waals surface area contributed by atoms with Crippen LogP contribution in [0, 0.1) is 0 Å². The van der Waals surface area contributed by atoms with Crippen LogP contribution in [0.2, 0.25) is 0 Å². The molecule has 4 aromatic rings. The zero-order valence-electron chi connectivity index (χ0n) is 18.8. The summed E-state index contributed by atoms with van der Waals surface area (Å²) >= 11 is 0. The maximum absolute atomic E-state index is 10.9. The number of rotatable bonds is 7. The van der Waals surface area contributed by atoms with E-state index in [0.717, 1.165) is 67.5 Å². The molecule has 7 nitrogen and oxygen atoms in total. The molecule has 172 valence electrons. The minimum Gasteiger partial charge on any atom is -0.497 e. The Hall–Kier alpha value is -3.45. The number of methoxy groups -OCH3 is 1. The van der Waals surface area contributed by atoms with E-state index in [1.807, 2.05) is 24.3 Å². The fraction of sp³-hybridized carbons (Fsp3) is 0.346. The zero-order chi connectivity index (χ0) is 22.8. The lowest BCUT2D eigenvalue weighted by Crippen LogP contribution is -2.33. The summed E-state index contributed by atoms with van der Waals surface area (Å²) in [4.78, 5) is 20.1. The van der Waals surface area contributed by atoms with Crippen molar-refractivity contribution in [3.8, 4) is 11.5 Å². The smallest absolute Gasteiger partial charge is 0.497 e. The number of likely N-dealkylation sites (tertiary alicyclic amines) is 1. The third-order valence-electron chi connectivity index (χ3n) is 6.81. The Bertz CT molecular complexity index is 1270. The molecule has 0 amide bonds. The van der Waals surface area contributed by atoms with E-state index in [0.29, 0.717) is 11.7 Å². The normalized spacial score (nSPS) is 15.3.